The summed E-state index contributed by atoms with van der Waals surface area (Å²) in [4.78, 5) is 15.1. The van der Waals surface area contributed by atoms with Gasteiger partial charge < -0.3 is 9.84 Å². The Kier molecular flexibility index (Phi) is 4.13. The van der Waals surface area contributed by atoms with Crippen LogP contribution in [0.4, 0.5) is 0 Å². The lowest BCUT2D eigenvalue weighted by Crippen LogP contribution is -2.06. The van der Waals surface area contributed by atoms with E-state index in [4.69, 9.17) is 9.84 Å². The molecule has 19 heavy (non-hydrogen) atoms. The van der Waals surface area contributed by atoms with Crippen LogP contribution in [0.25, 0.3) is 0 Å². The molecule has 0 saturated heterocycles. The van der Waals surface area contributed by atoms with Gasteiger partial charge in [0.15, 0.2) is 0 Å². The Morgan fingerprint density at radius 1 is 1.37 bits per heavy atom. The van der Waals surface area contributed by atoms with E-state index in [1.165, 1.54) is 0 Å². The Balaban J connectivity index is 2.03. The number of rotatable bonds is 5. The number of carboxylic acids is 1. The maximum absolute atomic E-state index is 11.1. The van der Waals surface area contributed by atoms with Crippen LogP contribution in [0.3, 0.4) is 0 Å². The Bertz CT molecular complexity index is 567. The molecule has 0 aliphatic carbocycles. The molecule has 0 unspecified atom stereocenters. The lowest BCUT2D eigenvalue weighted by molar-refractivity contribution is 0.0692. The third kappa shape index (κ3) is 3.55. The number of aryl methyl sites for hydroxylation is 1. The highest BCUT2D eigenvalue weighted by Gasteiger charge is 2.11. The highest BCUT2D eigenvalue weighted by Crippen LogP contribution is 2.20. The van der Waals surface area contributed by atoms with Crippen molar-refractivity contribution in [3.8, 4) is 5.75 Å². The molecule has 1 aromatic heterocycles. The Morgan fingerprint density at radius 3 is 2.89 bits per heavy atom. The van der Waals surface area contributed by atoms with Crippen molar-refractivity contribution in [3.05, 3.63) is 59.4 Å². The summed E-state index contributed by atoms with van der Waals surface area (Å²) >= 11 is 0. The predicted molar refractivity (Wildman–Crippen MR) is 71.6 cm³/mol. The molecule has 1 aromatic carbocycles. The van der Waals surface area contributed by atoms with Gasteiger partial charge in [0.1, 0.15) is 11.3 Å². The van der Waals surface area contributed by atoms with Crippen molar-refractivity contribution in [2.24, 2.45) is 0 Å². The van der Waals surface area contributed by atoms with Gasteiger partial charge in [-0.1, -0.05) is 12.1 Å². The van der Waals surface area contributed by atoms with E-state index in [0.717, 1.165) is 11.1 Å². The van der Waals surface area contributed by atoms with Gasteiger partial charge in [-0.25, -0.2) is 4.79 Å². The fraction of sp³-hybridized carbons (Fsp3) is 0.200. The molecule has 0 aliphatic rings. The maximum Gasteiger partial charge on any atom is 0.339 e. The topological polar surface area (TPSA) is 59.4 Å². The number of nitrogens with zero attached hydrogens (tertiary/aromatic N) is 1. The van der Waals surface area contributed by atoms with E-state index in [0.29, 0.717) is 18.8 Å². The van der Waals surface area contributed by atoms with Crippen LogP contribution in [0.15, 0.2) is 42.7 Å². The minimum atomic E-state index is -0.976. The van der Waals surface area contributed by atoms with E-state index < -0.39 is 5.97 Å². The van der Waals surface area contributed by atoms with Crippen LogP contribution in [-0.4, -0.2) is 22.7 Å². The average molecular weight is 257 g/mol. The predicted octanol–water partition coefficient (Wildman–Crippen LogP) is 2.71. The van der Waals surface area contributed by atoms with Crippen molar-refractivity contribution in [2.75, 3.05) is 6.61 Å². The smallest absolute Gasteiger partial charge is 0.339 e. The molecule has 0 spiro atoms. The van der Waals surface area contributed by atoms with E-state index in [1.807, 2.05) is 19.1 Å². The molecule has 0 bridgehead atoms. The van der Waals surface area contributed by atoms with Crippen LogP contribution < -0.4 is 4.74 Å². The van der Waals surface area contributed by atoms with Crippen molar-refractivity contribution < 1.29 is 14.6 Å². The quantitative estimate of drug-likeness (QED) is 0.894. The average Bonchev–Trinajstić information content (AvgIpc) is 2.39. The molecule has 0 aliphatic heterocycles. The normalized spacial score (nSPS) is 10.2. The summed E-state index contributed by atoms with van der Waals surface area (Å²) in [7, 11) is 0. The summed E-state index contributed by atoms with van der Waals surface area (Å²) in [6, 6.07) is 8.90. The minimum Gasteiger partial charge on any atom is -0.492 e. The second-order valence-electron chi connectivity index (χ2n) is 4.26. The monoisotopic (exact) mass is 257 g/mol. The SMILES string of the molecule is Cc1ccc(C(=O)O)c(OCCc2cccnc2)c1. The third-order valence-electron chi connectivity index (χ3n) is 2.74. The number of hydrogen-bond acceptors (Lipinski definition) is 3. The summed E-state index contributed by atoms with van der Waals surface area (Å²) in [5, 5.41) is 9.08. The number of aromatic nitrogens is 1. The zero-order valence-corrected chi connectivity index (χ0v) is 10.7. The molecule has 1 N–H and O–H groups in total. The van der Waals surface area contributed by atoms with Crippen LogP contribution >= 0.6 is 0 Å². The van der Waals surface area contributed by atoms with Gasteiger partial charge in [-0.3, -0.25) is 4.98 Å². The number of ether oxygens (including phenoxy) is 1. The van der Waals surface area contributed by atoms with Gasteiger partial charge in [0.2, 0.25) is 0 Å². The first kappa shape index (κ1) is 13.1. The van der Waals surface area contributed by atoms with E-state index in [2.05, 4.69) is 4.98 Å². The maximum atomic E-state index is 11.1. The Labute approximate surface area is 111 Å². The zero-order valence-electron chi connectivity index (χ0n) is 10.7. The first-order valence-electron chi connectivity index (χ1n) is 6.02. The highest BCUT2D eigenvalue weighted by atomic mass is 16.5. The fourth-order valence-electron chi connectivity index (χ4n) is 1.75. The van der Waals surface area contributed by atoms with Crippen LogP contribution in [0.1, 0.15) is 21.5 Å². The molecule has 2 aromatic rings. The van der Waals surface area contributed by atoms with Crippen molar-refractivity contribution in [1.82, 2.24) is 4.98 Å². The number of hydrogen-bond donors (Lipinski definition) is 1. The van der Waals surface area contributed by atoms with Gasteiger partial charge in [-0.05, 0) is 36.2 Å². The number of carbonyl (C=O) groups is 1. The highest BCUT2D eigenvalue weighted by molar-refractivity contribution is 5.90. The molecule has 0 saturated carbocycles. The minimum absolute atomic E-state index is 0.191. The molecule has 0 amide bonds. The lowest BCUT2D eigenvalue weighted by atomic mass is 10.1. The van der Waals surface area contributed by atoms with Gasteiger partial charge in [0.25, 0.3) is 0 Å². The molecule has 0 fully saturated rings. The van der Waals surface area contributed by atoms with Crippen molar-refractivity contribution >= 4 is 5.97 Å². The zero-order chi connectivity index (χ0) is 13.7. The first-order chi connectivity index (χ1) is 9.16. The lowest BCUT2D eigenvalue weighted by Gasteiger charge is -2.10. The van der Waals surface area contributed by atoms with E-state index in [1.54, 1.807) is 30.6 Å². The summed E-state index contributed by atoms with van der Waals surface area (Å²) in [5.74, 6) is -0.562. The van der Waals surface area contributed by atoms with Gasteiger partial charge >= 0.3 is 5.97 Å². The van der Waals surface area contributed by atoms with Gasteiger partial charge in [0, 0.05) is 18.8 Å². The second kappa shape index (κ2) is 6.00. The van der Waals surface area contributed by atoms with Crippen LogP contribution in [0.5, 0.6) is 5.75 Å². The number of aromatic carboxylic acids is 1. The molecular formula is C15H15NO3. The molecule has 1 heterocycles. The van der Waals surface area contributed by atoms with E-state index in [-0.39, 0.29) is 5.56 Å². The molecule has 2 rings (SSSR count). The molecule has 0 atom stereocenters. The van der Waals surface area contributed by atoms with E-state index in [9.17, 15) is 4.79 Å². The van der Waals surface area contributed by atoms with Gasteiger partial charge in [0.05, 0.1) is 6.61 Å². The van der Waals surface area contributed by atoms with Gasteiger partial charge in [-0.15, -0.1) is 0 Å². The van der Waals surface area contributed by atoms with Crippen molar-refractivity contribution in [2.45, 2.75) is 13.3 Å². The number of benzene rings is 1. The molecule has 4 nitrogen and oxygen atoms in total. The molecular weight excluding hydrogens is 242 g/mol. The number of carboxylic acid groups (broad SMARTS) is 1. The molecule has 0 radical (unpaired) electrons. The summed E-state index contributed by atoms with van der Waals surface area (Å²) < 4.78 is 5.57. The second-order valence-corrected chi connectivity index (χ2v) is 4.26. The fourth-order valence-corrected chi connectivity index (χ4v) is 1.75. The standard InChI is InChI=1S/C15H15NO3/c1-11-4-5-13(15(17)18)14(9-11)19-8-6-12-3-2-7-16-10-12/h2-5,7,9-10H,6,8H2,1H3,(H,17,18). The Hall–Kier alpha value is -2.36. The van der Waals surface area contributed by atoms with Crippen LogP contribution in [0.2, 0.25) is 0 Å². The number of pyridine rings is 1. The van der Waals surface area contributed by atoms with Crippen LogP contribution in [-0.2, 0) is 6.42 Å². The summed E-state index contributed by atoms with van der Waals surface area (Å²) in [5.41, 5.74) is 2.23. The molecule has 4 heteroatoms. The van der Waals surface area contributed by atoms with Crippen LogP contribution in [0, 0.1) is 6.92 Å². The van der Waals surface area contributed by atoms with Crippen molar-refractivity contribution in [1.29, 1.82) is 0 Å². The molecule has 98 valence electrons. The Morgan fingerprint density at radius 2 is 2.21 bits per heavy atom. The summed E-state index contributed by atoms with van der Waals surface area (Å²) in [6.45, 7) is 2.33. The van der Waals surface area contributed by atoms with E-state index >= 15 is 0 Å². The summed E-state index contributed by atoms with van der Waals surface area (Å²) in [6.07, 6.45) is 4.19. The first-order valence-corrected chi connectivity index (χ1v) is 6.02. The largest absolute Gasteiger partial charge is 0.492 e. The third-order valence-corrected chi connectivity index (χ3v) is 2.74. The van der Waals surface area contributed by atoms with Crippen molar-refractivity contribution in [3.63, 3.8) is 0 Å². The van der Waals surface area contributed by atoms with Gasteiger partial charge in [-0.2, -0.15) is 0 Å².